The van der Waals surface area contributed by atoms with Gasteiger partial charge < -0.3 is 8.97 Å². The van der Waals surface area contributed by atoms with Gasteiger partial charge in [0.05, 0.1) is 27.6 Å². The Bertz CT molecular complexity index is 3490. The Morgan fingerprint density at radius 1 is 0.276 bits per heavy atom. The minimum absolute atomic E-state index is 0.641. The van der Waals surface area contributed by atoms with Gasteiger partial charge in [0.1, 0.15) is 0 Å². The molecule has 0 radical (unpaired) electrons. The van der Waals surface area contributed by atoms with Crippen molar-refractivity contribution < 1.29 is 0 Å². The number of rotatable bonds is 5. The van der Waals surface area contributed by atoms with Crippen molar-refractivity contribution in [3.8, 4) is 51.0 Å². The molecule has 0 atom stereocenters. The van der Waals surface area contributed by atoms with Crippen LogP contribution in [-0.2, 0) is 0 Å². The minimum Gasteiger partial charge on any atom is -0.309 e. The summed E-state index contributed by atoms with van der Waals surface area (Å²) in [5, 5.41) is 7.57. The second-order valence-electron chi connectivity index (χ2n) is 14.8. The van der Waals surface area contributed by atoms with Gasteiger partial charge in [-0.2, -0.15) is 0 Å². The van der Waals surface area contributed by atoms with Crippen molar-refractivity contribution in [2.75, 3.05) is 0 Å². The van der Waals surface area contributed by atoms with Crippen LogP contribution in [0.3, 0.4) is 0 Å². The average Bonchev–Trinajstić information content (AvgIpc) is 3.87. The molecule has 0 amide bonds. The van der Waals surface area contributed by atoms with E-state index in [0.717, 1.165) is 33.5 Å². The number of hydrogen-bond donors (Lipinski definition) is 0. The van der Waals surface area contributed by atoms with Gasteiger partial charge in [0, 0.05) is 49.3 Å². The molecular formula is C53H33N5. The van der Waals surface area contributed by atoms with E-state index in [1.54, 1.807) is 0 Å². The van der Waals surface area contributed by atoms with Gasteiger partial charge in [-0.05, 0) is 65.0 Å². The van der Waals surface area contributed by atoms with E-state index in [-0.39, 0.29) is 0 Å². The van der Waals surface area contributed by atoms with Crippen molar-refractivity contribution >= 4 is 59.9 Å². The summed E-state index contributed by atoms with van der Waals surface area (Å²) in [4.78, 5) is 14.8. The first-order chi connectivity index (χ1) is 28.8. The van der Waals surface area contributed by atoms with E-state index in [1.165, 1.54) is 59.9 Å². The maximum Gasteiger partial charge on any atom is 0.164 e. The number of benzene rings is 8. The quantitative estimate of drug-likeness (QED) is 0.165. The van der Waals surface area contributed by atoms with Crippen molar-refractivity contribution in [2.24, 2.45) is 0 Å². The van der Waals surface area contributed by atoms with Crippen LogP contribution in [0.1, 0.15) is 0 Å². The van der Waals surface area contributed by atoms with Gasteiger partial charge in [0.15, 0.2) is 17.5 Å². The normalized spacial score (nSPS) is 11.8. The highest BCUT2D eigenvalue weighted by molar-refractivity contribution is 6.25. The molecule has 4 aromatic heterocycles. The Kier molecular flexibility index (Phi) is 7.16. The van der Waals surface area contributed by atoms with Gasteiger partial charge in [-0.25, -0.2) is 15.0 Å². The Balaban J connectivity index is 0.983. The number of fused-ring (bicyclic) bond motifs is 12. The van der Waals surface area contributed by atoms with Crippen LogP contribution in [0, 0.1) is 0 Å². The third-order valence-electron chi connectivity index (χ3n) is 11.5. The highest BCUT2D eigenvalue weighted by Crippen LogP contribution is 2.41. The molecule has 12 rings (SSSR count). The molecule has 0 fully saturated rings. The summed E-state index contributed by atoms with van der Waals surface area (Å²) >= 11 is 0. The topological polar surface area (TPSA) is 48.0 Å². The molecule has 0 aliphatic heterocycles. The highest BCUT2D eigenvalue weighted by atomic mass is 15.0. The predicted octanol–water partition coefficient (Wildman–Crippen LogP) is 13.3. The van der Waals surface area contributed by atoms with Crippen LogP contribution in [0.2, 0.25) is 0 Å². The third kappa shape index (κ3) is 5.00. The van der Waals surface area contributed by atoms with E-state index in [9.17, 15) is 0 Å². The standard InChI is InChI=1S/C53H33N5/c1-3-14-35(15-4-1)51-54-52(36-16-5-2-6-17-36)56-53(55-51)38-19-13-18-37(32-38)34-26-28-39(29-27-34)57-46-25-12-10-23-43(46)50-44-33-49-42-22-8-7-20-40(42)41-21-9-11-24-45(41)58(49)47(44)30-31-48(50)57/h1-33H. The summed E-state index contributed by atoms with van der Waals surface area (Å²) < 4.78 is 4.85. The fourth-order valence-corrected chi connectivity index (χ4v) is 8.90. The fourth-order valence-electron chi connectivity index (χ4n) is 8.90. The van der Waals surface area contributed by atoms with Gasteiger partial charge in [0.25, 0.3) is 0 Å². The van der Waals surface area contributed by atoms with Crippen LogP contribution in [-0.4, -0.2) is 23.9 Å². The molecule has 12 aromatic rings. The van der Waals surface area contributed by atoms with Gasteiger partial charge in [-0.3, -0.25) is 0 Å². The van der Waals surface area contributed by atoms with E-state index < -0.39 is 0 Å². The van der Waals surface area contributed by atoms with Crippen LogP contribution in [0.4, 0.5) is 0 Å². The summed E-state index contributed by atoms with van der Waals surface area (Å²) in [6.07, 6.45) is 0. The van der Waals surface area contributed by atoms with Crippen molar-refractivity contribution in [1.82, 2.24) is 23.9 Å². The lowest BCUT2D eigenvalue weighted by atomic mass is 10.0. The Morgan fingerprint density at radius 3 is 1.47 bits per heavy atom. The zero-order valence-corrected chi connectivity index (χ0v) is 31.3. The molecule has 5 heteroatoms. The molecule has 0 bridgehead atoms. The van der Waals surface area contributed by atoms with E-state index in [4.69, 9.17) is 15.0 Å². The van der Waals surface area contributed by atoms with Gasteiger partial charge >= 0.3 is 0 Å². The lowest BCUT2D eigenvalue weighted by Crippen LogP contribution is -2.00. The fraction of sp³-hybridized carbons (Fsp3) is 0. The molecule has 0 spiro atoms. The summed E-state index contributed by atoms with van der Waals surface area (Å²) in [5.74, 6) is 1.94. The smallest absolute Gasteiger partial charge is 0.164 e. The van der Waals surface area contributed by atoms with Gasteiger partial charge in [-0.15, -0.1) is 0 Å². The molecule has 0 aliphatic rings. The van der Waals surface area contributed by atoms with Crippen LogP contribution >= 0.6 is 0 Å². The maximum absolute atomic E-state index is 4.98. The van der Waals surface area contributed by atoms with E-state index in [1.807, 2.05) is 60.7 Å². The van der Waals surface area contributed by atoms with Gasteiger partial charge in [0.2, 0.25) is 0 Å². The zero-order valence-electron chi connectivity index (χ0n) is 31.3. The van der Waals surface area contributed by atoms with E-state index >= 15 is 0 Å². The average molecular weight is 740 g/mol. The van der Waals surface area contributed by atoms with Crippen LogP contribution in [0.5, 0.6) is 0 Å². The number of hydrogen-bond acceptors (Lipinski definition) is 3. The second-order valence-corrected chi connectivity index (χ2v) is 14.8. The zero-order chi connectivity index (χ0) is 38.2. The first-order valence-corrected chi connectivity index (χ1v) is 19.6. The Hall–Kier alpha value is -7.89. The first-order valence-electron chi connectivity index (χ1n) is 19.6. The Morgan fingerprint density at radius 2 is 0.776 bits per heavy atom. The molecule has 5 nitrogen and oxygen atoms in total. The van der Waals surface area contributed by atoms with Crippen LogP contribution in [0.15, 0.2) is 200 Å². The summed E-state index contributed by atoms with van der Waals surface area (Å²) in [6.45, 7) is 0. The molecule has 0 saturated heterocycles. The second kappa shape index (κ2) is 12.8. The summed E-state index contributed by atoms with van der Waals surface area (Å²) in [5.41, 5.74) is 12.2. The van der Waals surface area contributed by atoms with Crippen molar-refractivity contribution in [3.63, 3.8) is 0 Å². The predicted molar refractivity (Wildman–Crippen MR) is 239 cm³/mol. The number of pyridine rings is 1. The number of nitrogens with zero attached hydrogens (tertiary/aromatic N) is 5. The molecule has 0 aliphatic carbocycles. The largest absolute Gasteiger partial charge is 0.309 e. The molecular weight excluding hydrogens is 707 g/mol. The molecule has 0 unspecified atom stereocenters. The monoisotopic (exact) mass is 739 g/mol. The van der Waals surface area contributed by atoms with Crippen molar-refractivity contribution in [1.29, 1.82) is 0 Å². The summed E-state index contributed by atoms with van der Waals surface area (Å²) in [7, 11) is 0. The molecule has 4 heterocycles. The number of para-hydroxylation sites is 2. The summed E-state index contributed by atoms with van der Waals surface area (Å²) in [6, 6.07) is 70.9. The number of aromatic nitrogens is 5. The third-order valence-corrected chi connectivity index (χ3v) is 11.5. The van der Waals surface area contributed by atoms with Crippen LogP contribution < -0.4 is 0 Å². The lowest BCUT2D eigenvalue weighted by Gasteiger charge is -2.11. The van der Waals surface area contributed by atoms with Crippen molar-refractivity contribution in [2.45, 2.75) is 0 Å². The molecule has 0 saturated carbocycles. The van der Waals surface area contributed by atoms with E-state index in [2.05, 4.69) is 148 Å². The Labute approximate surface area is 333 Å². The van der Waals surface area contributed by atoms with Gasteiger partial charge in [-0.1, -0.05) is 152 Å². The first kappa shape index (κ1) is 32.4. The SMILES string of the molecule is c1ccc(-c2nc(-c3ccccc3)nc(-c3cccc(-c4ccc(-n5c6ccccc6c6c7cc8c9ccccc9c9ccccc9n8c7ccc65)cc4)c3)n2)cc1. The van der Waals surface area contributed by atoms with E-state index in [0.29, 0.717) is 17.5 Å². The molecule has 270 valence electrons. The molecule has 8 aromatic carbocycles. The highest BCUT2D eigenvalue weighted by Gasteiger charge is 2.19. The molecule has 58 heavy (non-hydrogen) atoms. The van der Waals surface area contributed by atoms with Crippen molar-refractivity contribution in [3.05, 3.63) is 200 Å². The lowest BCUT2D eigenvalue weighted by molar-refractivity contribution is 1.07. The molecule has 0 N–H and O–H groups in total. The maximum atomic E-state index is 4.98. The minimum atomic E-state index is 0.641. The van der Waals surface area contributed by atoms with Crippen LogP contribution in [0.25, 0.3) is 111 Å².